The molecule has 49 heavy (non-hydrogen) atoms. The minimum absolute atomic E-state index is 0.0803. The van der Waals surface area contributed by atoms with Crippen molar-refractivity contribution >= 4 is 34.8 Å². The number of piperazine rings is 1. The molecule has 2 aromatic heterocycles. The van der Waals surface area contributed by atoms with E-state index < -0.39 is 18.0 Å². The molecule has 0 bridgehead atoms. The van der Waals surface area contributed by atoms with Crippen molar-refractivity contribution in [2.24, 2.45) is 0 Å². The first-order valence-corrected chi connectivity index (χ1v) is 16.5. The number of halogens is 2. The Hall–Kier alpha value is -4.60. The highest BCUT2D eigenvalue weighted by atomic mass is 35.5. The lowest BCUT2D eigenvalue weighted by Crippen LogP contribution is -2.50. The van der Waals surface area contributed by atoms with E-state index in [1.165, 1.54) is 24.9 Å². The predicted octanol–water partition coefficient (Wildman–Crippen LogP) is 2.31. The van der Waals surface area contributed by atoms with E-state index in [9.17, 15) is 19.5 Å². The first-order chi connectivity index (χ1) is 23.7. The number of fused-ring (bicyclic) bond motifs is 2. The first kappa shape index (κ1) is 34.3. The third-order valence-electron chi connectivity index (χ3n) is 8.99. The van der Waals surface area contributed by atoms with Crippen molar-refractivity contribution in [1.82, 2.24) is 34.6 Å². The second kappa shape index (κ2) is 14.5. The van der Waals surface area contributed by atoms with E-state index in [4.69, 9.17) is 30.8 Å². The van der Waals surface area contributed by atoms with Crippen LogP contribution >= 0.6 is 11.6 Å². The summed E-state index contributed by atoms with van der Waals surface area (Å²) in [5.74, 6) is 0.155. The molecular weight excluding hydrogens is 661 g/mol. The summed E-state index contributed by atoms with van der Waals surface area (Å²) < 4.78 is 34.6. The van der Waals surface area contributed by atoms with Crippen molar-refractivity contribution < 1.29 is 33.3 Å². The molecule has 0 radical (unpaired) electrons. The lowest BCUT2D eigenvalue weighted by atomic mass is 10.0. The minimum Gasteiger partial charge on any atom is -0.504 e. The summed E-state index contributed by atoms with van der Waals surface area (Å²) in [5.41, 5.74) is 0.587. The number of phenols is 1. The van der Waals surface area contributed by atoms with Crippen LogP contribution in [-0.2, 0) is 29.0 Å². The number of aldehydes is 1. The Morgan fingerprint density at radius 3 is 2.63 bits per heavy atom. The number of dihydropyridines is 1. The summed E-state index contributed by atoms with van der Waals surface area (Å²) in [4.78, 5) is 48.4. The zero-order valence-electron chi connectivity index (χ0n) is 27.6. The number of hydrogen-bond acceptors (Lipinski definition) is 11. The van der Waals surface area contributed by atoms with Crippen LogP contribution in [0.1, 0.15) is 29.5 Å². The fourth-order valence-corrected chi connectivity index (χ4v) is 6.69. The lowest BCUT2D eigenvalue weighted by Gasteiger charge is -2.39. The van der Waals surface area contributed by atoms with Crippen LogP contribution in [0.4, 0.5) is 4.39 Å². The smallest absolute Gasteiger partial charge is 0.263 e. The number of allylic oxidation sites excluding steroid dienone is 1. The van der Waals surface area contributed by atoms with E-state index in [1.807, 2.05) is 11.8 Å². The summed E-state index contributed by atoms with van der Waals surface area (Å²) in [6.45, 7) is 7.13. The van der Waals surface area contributed by atoms with Crippen molar-refractivity contribution in [1.29, 1.82) is 0 Å². The van der Waals surface area contributed by atoms with Crippen LogP contribution in [0.25, 0.3) is 22.2 Å². The molecule has 1 fully saturated rings. The molecule has 5 heterocycles. The summed E-state index contributed by atoms with van der Waals surface area (Å²) >= 11 is 6.35. The Kier molecular flexibility index (Phi) is 10.1. The molecule has 3 aliphatic rings. The molecule has 3 aliphatic heterocycles. The maximum absolute atomic E-state index is 15.1. The molecule has 1 unspecified atom stereocenters. The number of carbonyl (C=O) groups is 2. The SMILES string of the molecule is CCOCCN1CCN(C2=CC(NC(=O)Cn3cc(-c4cc(C=O)c(O)c(OC)c4OC)c4c(=O)n5c(nc43)CCC5)=C(Cl)C(F)N2)CC1. The third kappa shape index (κ3) is 6.57. The highest BCUT2D eigenvalue weighted by molar-refractivity contribution is 6.30. The molecule has 1 atom stereocenters. The third-order valence-corrected chi connectivity index (χ3v) is 9.39. The summed E-state index contributed by atoms with van der Waals surface area (Å²) in [7, 11) is 2.69. The number of methoxy groups -OCH3 is 2. The molecule has 6 rings (SSSR count). The van der Waals surface area contributed by atoms with E-state index in [-0.39, 0.29) is 56.5 Å². The van der Waals surface area contributed by atoms with Gasteiger partial charge in [0.05, 0.1) is 42.5 Å². The molecule has 1 aromatic carbocycles. The molecule has 3 aromatic rings. The van der Waals surface area contributed by atoms with Gasteiger partial charge in [-0.2, -0.15) is 0 Å². The zero-order valence-corrected chi connectivity index (χ0v) is 28.3. The Morgan fingerprint density at radius 2 is 1.94 bits per heavy atom. The molecular formula is C33H39ClFN7O7. The van der Waals surface area contributed by atoms with E-state index in [1.54, 1.807) is 16.8 Å². The maximum Gasteiger partial charge on any atom is 0.263 e. The standard InChI is InChI=1S/C33H39ClFN7O7/c1-4-49-13-12-39-8-10-40(11-9-39)24-15-22(27(34)31(35)37-24)36-25(44)17-41-16-21(26-32(41)38-23-6-5-7-42(23)33(26)46)20-14-19(18-43)28(45)30(48-3)29(20)47-2/h14-16,18,31,37,45H,4-13,17H2,1-3H3,(H,36,44). The number of nitrogens with one attached hydrogen (secondary N) is 2. The van der Waals surface area contributed by atoms with E-state index in [2.05, 4.69) is 15.5 Å². The molecule has 3 N–H and O–H groups in total. The number of carbonyl (C=O) groups excluding carboxylic acids is 2. The van der Waals surface area contributed by atoms with Gasteiger partial charge in [-0.25, -0.2) is 9.37 Å². The maximum atomic E-state index is 15.1. The van der Waals surface area contributed by atoms with Crippen LogP contribution in [0.5, 0.6) is 17.2 Å². The van der Waals surface area contributed by atoms with Crippen LogP contribution in [0.15, 0.2) is 39.7 Å². The topological polar surface area (TPSA) is 152 Å². The fourth-order valence-electron chi connectivity index (χ4n) is 6.54. The molecule has 0 aliphatic carbocycles. The van der Waals surface area contributed by atoms with Gasteiger partial charge in [0.25, 0.3) is 5.56 Å². The molecule has 16 heteroatoms. The molecule has 262 valence electrons. The normalized spacial score (nSPS) is 17.9. The number of nitrogens with zero attached hydrogens (tertiary/aromatic N) is 5. The highest BCUT2D eigenvalue weighted by Gasteiger charge is 2.30. The monoisotopic (exact) mass is 699 g/mol. The number of aryl methyl sites for hydroxylation is 1. The van der Waals surface area contributed by atoms with Crippen molar-refractivity contribution in [3.8, 4) is 28.4 Å². The summed E-state index contributed by atoms with van der Waals surface area (Å²) in [5, 5.41) is 16.1. The fraction of sp³-hybridized carbons (Fsp3) is 0.455. The van der Waals surface area contributed by atoms with Gasteiger partial charge < -0.3 is 39.4 Å². The molecule has 1 saturated heterocycles. The second-order valence-corrected chi connectivity index (χ2v) is 12.3. The second-order valence-electron chi connectivity index (χ2n) is 11.9. The predicted molar refractivity (Wildman–Crippen MR) is 180 cm³/mol. The minimum atomic E-state index is -1.72. The van der Waals surface area contributed by atoms with Gasteiger partial charge in [-0.3, -0.25) is 23.9 Å². The van der Waals surface area contributed by atoms with Crippen LogP contribution in [0, 0.1) is 0 Å². The van der Waals surface area contributed by atoms with Gasteiger partial charge in [0.15, 0.2) is 17.8 Å². The number of phenolic OH excluding ortho intramolecular Hbond substituents is 1. The van der Waals surface area contributed by atoms with Crippen LogP contribution in [0.3, 0.4) is 0 Å². The Morgan fingerprint density at radius 1 is 1.18 bits per heavy atom. The van der Waals surface area contributed by atoms with Crippen LogP contribution in [-0.4, -0.2) is 108 Å². The zero-order chi connectivity index (χ0) is 34.8. The number of benzene rings is 1. The van der Waals surface area contributed by atoms with Gasteiger partial charge >= 0.3 is 0 Å². The average molecular weight is 700 g/mol. The molecule has 0 spiro atoms. The Balaban J connectivity index is 1.31. The van der Waals surface area contributed by atoms with Gasteiger partial charge in [-0.05, 0) is 19.4 Å². The van der Waals surface area contributed by atoms with Gasteiger partial charge in [0, 0.05) is 75.7 Å². The number of rotatable bonds is 12. The van der Waals surface area contributed by atoms with Crippen molar-refractivity contribution in [3.05, 3.63) is 56.6 Å². The summed E-state index contributed by atoms with van der Waals surface area (Å²) in [6.07, 6.45) is 3.26. The largest absolute Gasteiger partial charge is 0.504 e. The van der Waals surface area contributed by atoms with Gasteiger partial charge in [-0.15, -0.1) is 0 Å². The van der Waals surface area contributed by atoms with E-state index >= 15 is 4.39 Å². The number of ether oxygens (including phenoxy) is 3. The van der Waals surface area contributed by atoms with Crippen molar-refractivity contribution in [2.45, 2.75) is 39.2 Å². The van der Waals surface area contributed by atoms with Crippen LogP contribution < -0.4 is 25.7 Å². The molecule has 0 saturated carbocycles. The van der Waals surface area contributed by atoms with Gasteiger partial charge in [-0.1, -0.05) is 11.6 Å². The Bertz CT molecular complexity index is 1900. The summed E-state index contributed by atoms with van der Waals surface area (Å²) in [6, 6.07) is 1.40. The first-order valence-electron chi connectivity index (χ1n) is 16.1. The molecule has 1 amide bonds. The number of hydrogen-bond donors (Lipinski definition) is 3. The number of alkyl halides is 1. The Labute approximate surface area is 286 Å². The lowest BCUT2D eigenvalue weighted by molar-refractivity contribution is -0.120. The number of aromatic hydroxyl groups is 1. The number of aromatic nitrogens is 3. The van der Waals surface area contributed by atoms with Crippen molar-refractivity contribution in [3.63, 3.8) is 0 Å². The number of amides is 1. The van der Waals surface area contributed by atoms with Gasteiger partial charge in [0.2, 0.25) is 18.0 Å². The van der Waals surface area contributed by atoms with Gasteiger partial charge in [0.1, 0.15) is 23.8 Å². The highest BCUT2D eigenvalue weighted by Crippen LogP contribution is 2.47. The van der Waals surface area contributed by atoms with E-state index in [0.29, 0.717) is 62.8 Å². The average Bonchev–Trinajstić information content (AvgIpc) is 3.72. The molecule has 14 nitrogen and oxygen atoms in total. The van der Waals surface area contributed by atoms with E-state index in [0.717, 1.165) is 26.1 Å². The quantitative estimate of drug-likeness (QED) is 0.145. The van der Waals surface area contributed by atoms with Crippen molar-refractivity contribution in [2.75, 3.05) is 60.2 Å². The van der Waals surface area contributed by atoms with Crippen LogP contribution in [0.2, 0.25) is 0 Å².